The molecular weight excluding hydrogens is 492 g/mol. The Hall–Kier alpha value is -3.51. The van der Waals surface area contributed by atoms with Crippen LogP contribution in [0.15, 0.2) is 47.3 Å². The summed E-state index contributed by atoms with van der Waals surface area (Å²) in [7, 11) is -1.20. The maximum atomic E-state index is 13.1. The van der Waals surface area contributed by atoms with E-state index in [1.807, 2.05) is 37.6 Å². The van der Waals surface area contributed by atoms with Crippen LogP contribution in [0.4, 0.5) is 0 Å². The fourth-order valence-electron chi connectivity index (χ4n) is 6.18. The number of rotatable bonds is 5. The fourth-order valence-corrected chi connectivity index (χ4v) is 6.93. The molecule has 1 aromatic heterocycles. The van der Waals surface area contributed by atoms with E-state index in [0.29, 0.717) is 32.0 Å². The van der Waals surface area contributed by atoms with Gasteiger partial charge < -0.3 is 9.30 Å². The van der Waals surface area contributed by atoms with Crippen LogP contribution in [0.5, 0.6) is 0 Å². The molecule has 38 heavy (non-hydrogen) atoms. The molecule has 0 spiro atoms. The molecule has 196 valence electrons. The Labute approximate surface area is 225 Å². The van der Waals surface area contributed by atoms with E-state index in [9.17, 15) is 20.1 Å². The molecule has 1 saturated carbocycles. The van der Waals surface area contributed by atoms with Crippen molar-refractivity contribution >= 4 is 19.6 Å². The molecule has 1 aromatic rings. The van der Waals surface area contributed by atoms with Crippen LogP contribution < -0.4 is 0 Å². The molecule has 3 unspecified atom stereocenters. The highest BCUT2D eigenvalue weighted by molar-refractivity contribution is 6.76. The van der Waals surface area contributed by atoms with Crippen LogP contribution in [-0.2, 0) is 21.1 Å². The third kappa shape index (κ3) is 4.73. The minimum atomic E-state index is -1.20. The molecule has 1 heterocycles. The molecule has 0 aliphatic heterocycles. The second-order valence-corrected chi connectivity index (χ2v) is 18.1. The summed E-state index contributed by atoms with van der Waals surface area (Å²) >= 11 is 0. The van der Waals surface area contributed by atoms with Gasteiger partial charge in [-0.1, -0.05) is 52.4 Å². The second kappa shape index (κ2) is 9.66. The van der Waals surface area contributed by atoms with Gasteiger partial charge in [0.1, 0.15) is 18.9 Å². The van der Waals surface area contributed by atoms with Gasteiger partial charge in [-0.05, 0) is 48.4 Å². The van der Waals surface area contributed by atoms with Gasteiger partial charge in [-0.25, -0.2) is 4.98 Å². The zero-order chi connectivity index (χ0) is 27.9. The molecule has 7 nitrogen and oxygen atoms in total. The van der Waals surface area contributed by atoms with Crippen LogP contribution in [0.2, 0.25) is 25.7 Å². The summed E-state index contributed by atoms with van der Waals surface area (Å²) in [5.74, 6) is 6.46. The summed E-state index contributed by atoms with van der Waals surface area (Å²) in [6, 6.07) is 5.17. The molecule has 3 aliphatic rings. The number of nitriles is 2. The number of hydrogen-bond acceptors (Lipinski definition) is 6. The summed E-state index contributed by atoms with van der Waals surface area (Å²) in [5.41, 5.74) is -1.53. The Morgan fingerprint density at radius 1 is 1.13 bits per heavy atom. The van der Waals surface area contributed by atoms with Crippen molar-refractivity contribution in [3.63, 3.8) is 0 Å². The van der Waals surface area contributed by atoms with Gasteiger partial charge in [0.15, 0.2) is 17.4 Å². The van der Waals surface area contributed by atoms with Crippen molar-refractivity contribution in [2.24, 2.45) is 22.2 Å². The van der Waals surface area contributed by atoms with Gasteiger partial charge in [0, 0.05) is 37.9 Å². The third-order valence-corrected chi connectivity index (χ3v) is 9.97. The van der Waals surface area contributed by atoms with E-state index in [-0.39, 0.29) is 28.6 Å². The van der Waals surface area contributed by atoms with Crippen molar-refractivity contribution in [3.8, 4) is 24.0 Å². The number of ether oxygens (including phenoxy) is 1. The van der Waals surface area contributed by atoms with Gasteiger partial charge in [-0.15, -0.1) is 0 Å². The minimum Gasteiger partial charge on any atom is -0.361 e. The van der Waals surface area contributed by atoms with E-state index < -0.39 is 24.3 Å². The predicted molar refractivity (Wildman–Crippen MR) is 146 cm³/mol. The first-order valence-corrected chi connectivity index (χ1v) is 16.7. The van der Waals surface area contributed by atoms with Crippen LogP contribution in [-0.4, -0.2) is 35.8 Å². The maximum absolute atomic E-state index is 13.1. The Bertz CT molecular complexity index is 1430. The first-order valence-electron chi connectivity index (χ1n) is 13.0. The van der Waals surface area contributed by atoms with Crippen molar-refractivity contribution in [2.45, 2.75) is 66.0 Å². The van der Waals surface area contributed by atoms with E-state index in [2.05, 4.69) is 42.5 Å². The topological polar surface area (TPSA) is 109 Å². The molecule has 0 saturated heterocycles. The van der Waals surface area contributed by atoms with Crippen LogP contribution in [0, 0.1) is 56.7 Å². The quantitative estimate of drug-likeness (QED) is 0.305. The number of aromatic nitrogens is 2. The maximum Gasteiger partial charge on any atom is 0.196 e. The average Bonchev–Trinajstić information content (AvgIpc) is 3.30. The Morgan fingerprint density at radius 3 is 2.50 bits per heavy atom. The average molecular weight is 527 g/mol. The molecule has 3 aliphatic carbocycles. The number of nitrogens with zero attached hydrogens (tertiary/aromatic N) is 4. The van der Waals surface area contributed by atoms with Gasteiger partial charge in [-0.3, -0.25) is 9.59 Å². The zero-order valence-corrected chi connectivity index (χ0v) is 24.0. The molecule has 8 heteroatoms. The van der Waals surface area contributed by atoms with Gasteiger partial charge in [0.05, 0.1) is 16.6 Å². The van der Waals surface area contributed by atoms with Crippen LogP contribution in [0.1, 0.15) is 39.4 Å². The normalized spacial score (nSPS) is 27.9. The predicted octanol–water partition coefficient (Wildman–Crippen LogP) is 4.97. The monoisotopic (exact) mass is 526 g/mol. The lowest BCUT2D eigenvalue weighted by Gasteiger charge is -2.56. The molecule has 0 amide bonds. The van der Waals surface area contributed by atoms with Crippen molar-refractivity contribution < 1.29 is 14.3 Å². The first kappa shape index (κ1) is 27.5. The van der Waals surface area contributed by atoms with E-state index in [0.717, 1.165) is 11.6 Å². The van der Waals surface area contributed by atoms with Crippen molar-refractivity contribution in [1.29, 1.82) is 10.5 Å². The summed E-state index contributed by atoms with van der Waals surface area (Å²) in [5, 5.41) is 19.4. The van der Waals surface area contributed by atoms with Crippen LogP contribution in [0.25, 0.3) is 0 Å². The van der Waals surface area contributed by atoms with E-state index >= 15 is 0 Å². The third-order valence-electron chi connectivity index (χ3n) is 8.27. The molecule has 4 rings (SSSR count). The van der Waals surface area contributed by atoms with E-state index in [1.54, 1.807) is 18.3 Å². The fraction of sp³-hybridized carbons (Fsp3) is 0.500. The molecule has 0 N–H and O–H groups in total. The second-order valence-electron chi connectivity index (χ2n) is 12.5. The highest BCUT2D eigenvalue weighted by Crippen LogP contribution is 2.63. The van der Waals surface area contributed by atoms with Gasteiger partial charge >= 0.3 is 0 Å². The van der Waals surface area contributed by atoms with E-state index in [1.165, 1.54) is 6.08 Å². The molecule has 0 bridgehead atoms. The number of fused-ring (bicyclic) bond motifs is 3. The van der Waals surface area contributed by atoms with Crippen molar-refractivity contribution in [3.05, 3.63) is 53.2 Å². The Balaban J connectivity index is 1.75. The lowest BCUT2D eigenvalue weighted by Crippen LogP contribution is -2.53. The minimum absolute atomic E-state index is 0.0544. The molecule has 0 radical (unpaired) electrons. The molecular formula is C30H34N4O3Si. The number of allylic oxidation sites excluding steroid dienone is 6. The molecule has 1 fully saturated rings. The zero-order valence-electron chi connectivity index (χ0n) is 23.0. The highest BCUT2D eigenvalue weighted by atomic mass is 28.3. The van der Waals surface area contributed by atoms with E-state index in [4.69, 9.17) is 4.74 Å². The molecule has 3 atom stereocenters. The number of imidazole rings is 1. The van der Waals surface area contributed by atoms with Gasteiger partial charge in [-0.2, -0.15) is 10.5 Å². The lowest BCUT2D eigenvalue weighted by molar-refractivity contribution is -0.130. The summed E-state index contributed by atoms with van der Waals surface area (Å²) in [6.45, 7) is 13.7. The number of carbonyl (C=O) groups is 2. The Morgan fingerprint density at radius 2 is 1.84 bits per heavy atom. The number of Topliss-reactive ketones (excluding diaryl/α,β-unsaturated/α-hetero) is 1. The largest absolute Gasteiger partial charge is 0.361 e. The number of ketones is 2. The standard InChI is InChI=1S/C30H34N4O3Si/c1-28(2)24-7-9-30(10-8-26-33-11-12-34(26)20-37-13-14-38(4,5)6)17-21(18-31)23(35)15-25(30)29(24,3)16-22(19-32)27(28)36/h11-12,15-17,24H,7,9,13-14,20H2,1-6H3. The smallest absolute Gasteiger partial charge is 0.196 e. The summed E-state index contributed by atoms with van der Waals surface area (Å²) in [6.07, 6.45) is 9.61. The molecule has 0 aromatic carbocycles. The Kier molecular flexibility index (Phi) is 7.00. The van der Waals surface area contributed by atoms with Crippen molar-refractivity contribution in [1.82, 2.24) is 9.55 Å². The van der Waals surface area contributed by atoms with Crippen LogP contribution in [0.3, 0.4) is 0 Å². The lowest BCUT2D eigenvalue weighted by atomic mass is 9.45. The first-order chi connectivity index (χ1) is 17.8. The number of carbonyl (C=O) groups excluding carboxylic acids is 2. The van der Waals surface area contributed by atoms with Crippen LogP contribution >= 0.6 is 0 Å². The van der Waals surface area contributed by atoms with Crippen molar-refractivity contribution in [2.75, 3.05) is 6.61 Å². The van der Waals surface area contributed by atoms with Gasteiger partial charge in [0.25, 0.3) is 0 Å². The SMILES string of the molecule is CC1(C)C(=O)C(C#N)=CC2(C)C3=CC(=O)C(C#N)=CC3(C#Cc3nccn3COCC[Si](C)(C)C)CCC12. The summed E-state index contributed by atoms with van der Waals surface area (Å²) in [4.78, 5) is 30.4. The number of hydrogen-bond donors (Lipinski definition) is 0. The highest BCUT2D eigenvalue weighted by Gasteiger charge is 2.59. The van der Waals surface area contributed by atoms with Gasteiger partial charge in [0.2, 0.25) is 0 Å². The summed E-state index contributed by atoms with van der Waals surface area (Å²) < 4.78 is 7.74.